The van der Waals surface area contributed by atoms with Crippen molar-refractivity contribution in [1.29, 1.82) is 0 Å². The number of hydrogen-bond donors (Lipinski definition) is 1. The van der Waals surface area contributed by atoms with Crippen LogP contribution < -0.4 is 5.32 Å². The summed E-state index contributed by atoms with van der Waals surface area (Å²) in [6.07, 6.45) is 1.44. The van der Waals surface area contributed by atoms with Crippen LogP contribution in [0.1, 0.15) is 32.8 Å². The molecule has 29 heavy (non-hydrogen) atoms. The van der Waals surface area contributed by atoms with Gasteiger partial charge in [-0.3, -0.25) is 19.3 Å². The molecular formula is C21H28N4O3S. The number of amides is 3. The first-order chi connectivity index (χ1) is 13.7. The van der Waals surface area contributed by atoms with Crippen LogP contribution in [-0.4, -0.2) is 75.3 Å². The Hall–Kier alpha value is -2.48. The highest BCUT2D eigenvalue weighted by molar-refractivity contribution is 7.80. The first-order valence-corrected chi connectivity index (χ1v) is 10.3. The molecule has 2 fully saturated rings. The number of nitrogens with zero attached hydrogens (tertiary/aromatic N) is 3. The number of carbonyl (C=O) groups is 3. The van der Waals surface area contributed by atoms with E-state index in [9.17, 15) is 14.4 Å². The Morgan fingerprint density at radius 3 is 2.38 bits per heavy atom. The summed E-state index contributed by atoms with van der Waals surface area (Å²) in [5.41, 5.74) is 0.946. The summed E-state index contributed by atoms with van der Waals surface area (Å²) in [5, 5.41) is 3.77. The number of carbonyl (C=O) groups excluding carboxylic acids is 3. The van der Waals surface area contributed by atoms with Crippen LogP contribution in [0.5, 0.6) is 0 Å². The Morgan fingerprint density at radius 1 is 1.17 bits per heavy atom. The number of thiocarbonyl (C=S) groups is 1. The molecule has 2 heterocycles. The van der Waals surface area contributed by atoms with E-state index in [1.54, 1.807) is 0 Å². The Labute approximate surface area is 177 Å². The molecule has 3 rings (SSSR count). The normalized spacial score (nSPS) is 22.0. The quantitative estimate of drug-likeness (QED) is 0.574. The minimum Gasteiger partial charge on any atom is -0.358 e. The van der Waals surface area contributed by atoms with E-state index in [-0.39, 0.29) is 48.9 Å². The molecule has 1 N–H and O–H groups in total. The summed E-state index contributed by atoms with van der Waals surface area (Å²) in [7, 11) is 0. The van der Waals surface area contributed by atoms with Crippen molar-refractivity contribution in [3.05, 3.63) is 35.9 Å². The second-order valence-electron chi connectivity index (χ2n) is 8.42. The second kappa shape index (κ2) is 8.49. The summed E-state index contributed by atoms with van der Waals surface area (Å²) >= 11 is 5.42. The van der Waals surface area contributed by atoms with E-state index in [1.165, 1.54) is 9.80 Å². The molecule has 0 aliphatic carbocycles. The van der Waals surface area contributed by atoms with E-state index in [0.717, 1.165) is 12.0 Å². The van der Waals surface area contributed by atoms with Gasteiger partial charge in [0, 0.05) is 18.1 Å². The molecule has 1 aromatic carbocycles. The molecule has 2 saturated heterocycles. The molecule has 3 amide bonds. The first-order valence-electron chi connectivity index (χ1n) is 9.90. The van der Waals surface area contributed by atoms with Gasteiger partial charge in [-0.2, -0.15) is 0 Å². The average Bonchev–Trinajstić information content (AvgIpc) is 2.63. The molecule has 156 valence electrons. The highest BCUT2D eigenvalue weighted by Crippen LogP contribution is 2.22. The third kappa shape index (κ3) is 5.12. The molecule has 1 atom stereocenters. The lowest BCUT2D eigenvalue weighted by atomic mass is 9.93. The molecule has 0 spiro atoms. The average molecular weight is 417 g/mol. The van der Waals surface area contributed by atoms with E-state index in [1.807, 2.05) is 42.2 Å². The van der Waals surface area contributed by atoms with Gasteiger partial charge in [0.15, 0.2) is 5.11 Å². The van der Waals surface area contributed by atoms with Crippen molar-refractivity contribution >= 4 is 35.1 Å². The van der Waals surface area contributed by atoms with Gasteiger partial charge in [-0.05, 0) is 51.4 Å². The van der Waals surface area contributed by atoms with Crippen molar-refractivity contribution < 1.29 is 14.4 Å². The lowest BCUT2D eigenvalue weighted by Crippen LogP contribution is -2.63. The Kier molecular flexibility index (Phi) is 6.21. The zero-order chi connectivity index (χ0) is 21.2. The van der Waals surface area contributed by atoms with Crippen molar-refractivity contribution in [3.8, 4) is 0 Å². The molecule has 2 aliphatic heterocycles. The van der Waals surface area contributed by atoms with Gasteiger partial charge in [0.2, 0.25) is 17.7 Å². The second-order valence-corrected chi connectivity index (χ2v) is 8.81. The number of nitrogens with one attached hydrogen (secondary N) is 1. The van der Waals surface area contributed by atoms with E-state index < -0.39 is 0 Å². The minimum absolute atomic E-state index is 0.0632. The van der Waals surface area contributed by atoms with Crippen LogP contribution in [0.3, 0.4) is 0 Å². The highest BCUT2D eigenvalue weighted by Gasteiger charge is 2.37. The highest BCUT2D eigenvalue weighted by atomic mass is 32.1. The standard InChI is InChI=1S/C21H28N4O3S/c1-15-11-21(2,3)22-20(29)25(15)14-17(26)23-12-18(27)24(19(28)13-23)10-9-16-7-5-4-6-8-16/h4-8,15H,9-14H2,1-3H3,(H,22,29). The van der Waals surface area contributed by atoms with Gasteiger partial charge in [-0.25, -0.2) is 0 Å². The fraction of sp³-hybridized carbons (Fsp3) is 0.524. The molecule has 1 aromatic rings. The number of benzene rings is 1. The van der Waals surface area contributed by atoms with Crippen LogP contribution in [-0.2, 0) is 20.8 Å². The molecular weight excluding hydrogens is 388 g/mol. The maximum Gasteiger partial charge on any atom is 0.248 e. The lowest BCUT2D eigenvalue weighted by Gasteiger charge is -2.45. The molecule has 0 radical (unpaired) electrons. The predicted molar refractivity (Wildman–Crippen MR) is 114 cm³/mol. The van der Waals surface area contributed by atoms with Crippen LogP contribution in [0.2, 0.25) is 0 Å². The van der Waals surface area contributed by atoms with Crippen LogP contribution in [0.4, 0.5) is 0 Å². The molecule has 0 aromatic heterocycles. The van der Waals surface area contributed by atoms with Crippen LogP contribution in [0.25, 0.3) is 0 Å². The van der Waals surface area contributed by atoms with Crippen LogP contribution >= 0.6 is 12.2 Å². The number of hydrogen-bond acceptors (Lipinski definition) is 4. The molecule has 0 saturated carbocycles. The molecule has 1 unspecified atom stereocenters. The zero-order valence-corrected chi connectivity index (χ0v) is 18.0. The van der Waals surface area contributed by atoms with Gasteiger partial charge < -0.3 is 15.1 Å². The van der Waals surface area contributed by atoms with Gasteiger partial charge in [0.25, 0.3) is 0 Å². The van der Waals surface area contributed by atoms with Crippen molar-refractivity contribution in [2.75, 3.05) is 26.2 Å². The lowest BCUT2D eigenvalue weighted by molar-refractivity contribution is -0.156. The predicted octanol–water partition coefficient (Wildman–Crippen LogP) is 1.17. The van der Waals surface area contributed by atoms with Crippen molar-refractivity contribution in [1.82, 2.24) is 20.0 Å². The topological polar surface area (TPSA) is 73.0 Å². The van der Waals surface area contributed by atoms with E-state index in [0.29, 0.717) is 18.1 Å². The monoisotopic (exact) mass is 416 g/mol. The van der Waals surface area contributed by atoms with Gasteiger partial charge >= 0.3 is 0 Å². The van der Waals surface area contributed by atoms with E-state index >= 15 is 0 Å². The largest absolute Gasteiger partial charge is 0.358 e. The molecule has 2 aliphatic rings. The summed E-state index contributed by atoms with van der Waals surface area (Å²) in [5.74, 6) is -0.928. The van der Waals surface area contributed by atoms with Crippen molar-refractivity contribution in [2.24, 2.45) is 0 Å². The van der Waals surface area contributed by atoms with E-state index in [2.05, 4.69) is 19.2 Å². The number of imide groups is 1. The van der Waals surface area contributed by atoms with Gasteiger partial charge in [0.1, 0.15) is 13.1 Å². The maximum absolute atomic E-state index is 12.8. The Bertz CT molecular complexity index is 793. The zero-order valence-electron chi connectivity index (χ0n) is 17.2. The minimum atomic E-state index is -0.334. The molecule has 0 bridgehead atoms. The number of rotatable bonds is 5. The fourth-order valence-electron chi connectivity index (χ4n) is 3.94. The van der Waals surface area contributed by atoms with Crippen LogP contribution in [0, 0.1) is 0 Å². The SMILES string of the molecule is CC1CC(C)(C)NC(=S)N1CC(=O)N1CC(=O)N(CCc2ccccc2)C(=O)C1. The van der Waals surface area contributed by atoms with Crippen molar-refractivity contribution in [3.63, 3.8) is 0 Å². The third-order valence-electron chi connectivity index (χ3n) is 5.42. The van der Waals surface area contributed by atoms with Gasteiger partial charge in [0.05, 0.1) is 6.54 Å². The summed E-state index contributed by atoms with van der Waals surface area (Å²) in [6, 6.07) is 9.81. The number of piperazine rings is 1. The van der Waals surface area contributed by atoms with Crippen LogP contribution in [0.15, 0.2) is 30.3 Å². The van der Waals surface area contributed by atoms with Gasteiger partial charge in [-0.1, -0.05) is 30.3 Å². The first kappa shape index (κ1) is 21.2. The summed E-state index contributed by atoms with van der Waals surface area (Å²) < 4.78 is 0. The molecule has 8 heteroatoms. The van der Waals surface area contributed by atoms with E-state index in [4.69, 9.17) is 12.2 Å². The third-order valence-corrected chi connectivity index (χ3v) is 5.76. The summed E-state index contributed by atoms with van der Waals surface area (Å²) in [4.78, 5) is 42.2. The summed E-state index contributed by atoms with van der Waals surface area (Å²) in [6.45, 7) is 6.41. The Balaban J connectivity index is 1.56. The van der Waals surface area contributed by atoms with Gasteiger partial charge in [-0.15, -0.1) is 0 Å². The fourth-order valence-corrected chi connectivity index (χ4v) is 4.46. The maximum atomic E-state index is 12.8. The molecule has 7 nitrogen and oxygen atoms in total. The van der Waals surface area contributed by atoms with Crippen molar-refractivity contribution in [2.45, 2.75) is 45.2 Å². The Morgan fingerprint density at radius 2 is 1.79 bits per heavy atom. The smallest absolute Gasteiger partial charge is 0.248 e.